The van der Waals surface area contributed by atoms with Crippen molar-refractivity contribution in [1.29, 1.82) is 5.26 Å². The van der Waals surface area contributed by atoms with Gasteiger partial charge >= 0.3 is 5.97 Å². The predicted molar refractivity (Wildman–Crippen MR) is 101 cm³/mol. The number of nitriles is 1. The van der Waals surface area contributed by atoms with E-state index >= 15 is 0 Å². The van der Waals surface area contributed by atoms with Crippen LogP contribution in [0.1, 0.15) is 30.7 Å². The van der Waals surface area contributed by atoms with Gasteiger partial charge in [0, 0.05) is 0 Å². The van der Waals surface area contributed by atoms with E-state index in [1.165, 1.54) is 4.57 Å². The molecular weight excluding hydrogens is 342 g/mol. The van der Waals surface area contributed by atoms with Crippen molar-refractivity contribution in [3.05, 3.63) is 76.3 Å². The van der Waals surface area contributed by atoms with Gasteiger partial charge in [0.2, 0.25) is 0 Å². The Hall–Kier alpha value is -3.46. The van der Waals surface area contributed by atoms with Crippen LogP contribution in [0.3, 0.4) is 0 Å². The van der Waals surface area contributed by atoms with E-state index in [1.54, 1.807) is 24.3 Å². The number of ether oxygens (including phenoxy) is 1. The summed E-state index contributed by atoms with van der Waals surface area (Å²) in [5, 5.41) is 9.48. The molecule has 1 aromatic heterocycles. The highest BCUT2D eigenvalue weighted by Crippen LogP contribution is 2.21. The average Bonchev–Trinajstić information content (AvgIpc) is 2.70. The molecule has 1 heterocycles. The highest BCUT2D eigenvalue weighted by Gasteiger charge is 2.21. The molecule has 0 amide bonds. The minimum absolute atomic E-state index is 0.153. The van der Waals surface area contributed by atoms with Gasteiger partial charge in [0.05, 0.1) is 22.9 Å². The molecule has 0 aliphatic rings. The number of hydrogen-bond donors (Lipinski definition) is 0. The maximum absolute atomic E-state index is 12.6. The molecule has 0 aliphatic carbocycles. The molecule has 3 aromatic rings. The second kappa shape index (κ2) is 8.28. The van der Waals surface area contributed by atoms with E-state index in [1.807, 2.05) is 43.3 Å². The second-order valence-electron chi connectivity index (χ2n) is 6.07. The molecule has 0 saturated carbocycles. The van der Waals surface area contributed by atoms with Crippen molar-refractivity contribution >= 4 is 16.9 Å². The molecule has 6 nitrogen and oxygen atoms in total. The lowest BCUT2D eigenvalue weighted by Gasteiger charge is -2.16. The summed E-state index contributed by atoms with van der Waals surface area (Å²) in [7, 11) is 0. The molecule has 6 heteroatoms. The minimum atomic E-state index is -0.386. The molecular formula is C21H19N3O3. The fourth-order valence-electron chi connectivity index (χ4n) is 3.02. The molecule has 0 radical (unpaired) electrons. The van der Waals surface area contributed by atoms with Crippen molar-refractivity contribution < 1.29 is 9.53 Å². The van der Waals surface area contributed by atoms with E-state index < -0.39 is 0 Å². The number of carbonyl (C=O) groups is 1. The Labute approximate surface area is 156 Å². The maximum atomic E-state index is 12.6. The molecule has 2 aromatic carbocycles. The van der Waals surface area contributed by atoms with Crippen LogP contribution in [-0.4, -0.2) is 15.5 Å². The summed E-state index contributed by atoms with van der Waals surface area (Å²) in [6.07, 6.45) is 0.596. The third kappa shape index (κ3) is 3.87. The zero-order valence-electron chi connectivity index (χ0n) is 15.0. The van der Waals surface area contributed by atoms with Crippen LogP contribution in [0.15, 0.2) is 59.4 Å². The number of rotatable bonds is 6. The van der Waals surface area contributed by atoms with Crippen LogP contribution in [0.25, 0.3) is 10.9 Å². The molecule has 0 aliphatic heterocycles. The normalized spacial score (nSPS) is 11.7. The van der Waals surface area contributed by atoms with Gasteiger partial charge in [0.15, 0.2) is 5.82 Å². The third-order valence-corrected chi connectivity index (χ3v) is 4.41. The van der Waals surface area contributed by atoms with Crippen LogP contribution in [0.2, 0.25) is 0 Å². The molecule has 0 bridgehead atoms. The van der Waals surface area contributed by atoms with Gasteiger partial charge in [-0.15, -0.1) is 0 Å². The van der Waals surface area contributed by atoms with E-state index in [2.05, 4.69) is 4.98 Å². The van der Waals surface area contributed by atoms with Crippen molar-refractivity contribution in [2.24, 2.45) is 0 Å². The zero-order valence-corrected chi connectivity index (χ0v) is 15.0. The molecule has 3 rings (SSSR count). The lowest BCUT2D eigenvalue weighted by atomic mass is 9.97. The van der Waals surface area contributed by atoms with Crippen LogP contribution in [0.4, 0.5) is 0 Å². The Morgan fingerprint density at radius 2 is 1.89 bits per heavy atom. The predicted octanol–water partition coefficient (Wildman–Crippen LogP) is 3.16. The van der Waals surface area contributed by atoms with Crippen LogP contribution in [0, 0.1) is 11.3 Å². The SMILES string of the molecule is CC[C@@H](C(=O)OCc1nc2ccccc2c(=O)n1CC#N)c1ccccc1. The number of benzene rings is 2. The second-order valence-corrected chi connectivity index (χ2v) is 6.07. The van der Waals surface area contributed by atoms with E-state index in [9.17, 15) is 9.59 Å². The van der Waals surface area contributed by atoms with E-state index in [0.29, 0.717) is 17.3 Å². The minimum Gasteiger partial charge on any atom is -0.457 e. The first-order chi connectivity index (χ1) is 13.2. The van der Waals surface area contributed by atoms with Crippen LogP contribution in [-0.2, 0) is 22.7 Å². The monoisotopic (exact) mass is 361 g/mol. The van der Waals surface area contributed by atoms with Gasteiger partial charge in [0.1, 0.15) is 13.2 Å². The standard InChI is InChI=1S/C21H19N3O3/c1-2-16(15-8-4-3-5-9-15)21(26)27-14-19-23-18-11-7-6-10-17(18)20(25)24(19)13-12-22/h3-11,16H,2,13-14H2,1H3/t16-/m1/s1. The van der Waals surface area contributed by atoms with Gasteiger partial charge in [0.25, 0.3) is 5.56 Å². The van der Waals surface area contributed by atoms with Crippen molar-refractivity contribution in [2.75, 3.05) is 0 Å². The first-order valence-electron chi connectivity index (χ1n) is 8.72. The van der Waals surface area contributed by atoms with Gasteiger partial charge in [-0.25, -0.2) is 4.98 Å². The molecule has 0 saturated heterocycles. The van der Waals surface area contributed by atoms with Crippen LogP contribution in [0.5, 0.6) is 0 Å². The summed E-state index contributed by atoms with van der Waals surface area (Å²) in [5.41, 5.74) is 1.08. The quantitative estimate of drug-likeness (QED) is 0.630. The van der Waals surface area contributed by atoms with Gasteiger partial charge in [-0.05, 0) is 24.1 Å². The Balaban J connectivity index is 1.88. The average molecular weight is 361 g/mol. The number of carbonyl (C=O) groups excluding carboxylic acids is 1. The number of para-hydroxylation sites is 1. The summed E-state index contributed by atoms with van der Waals surface area (Å²) >= 11 is 0. The third-order valence-electron chi connectivity index (χ3n) is 4.41. The summed E-state index contributed by atoms with van der Waals surface area (Å²) in [4.78, 5) is 29.6. The summed E-state index contributed by atoms with van der Waals surface area (Å²) < 4.78 is 6.70. The molecule has 0 N–H and O–H groups in total. The fraction of sp³-hybridized carbons (Fsp3) is 0.238. The largest absolute Gasteiger partial charge is 0.457 e. The van der Waals surface area contributed by atoms with Crippen molar-refractivity contribution in [1.82, 2.24) is 9.55 Å². The molecule has 27 heavy (non-hydrogen) atoms. The summed E-state index contributed by atoms with van der Waals surface area (Å²) in [6, 6.07) is 18.3. The number of esters is 1. The van der Waals surface area contributed by atoms with Crippen LogP contribution >= 0.6 is 0 Å². The molecule has 1 atom stereocenters. The summed E-state index contributed by atoms with van der Waals surface area (Å²) in [5.74, 6) is -0.506. The van der Waals surface area contributed by atoms with E-state index in [-0.39, 0.29) is 36.4 Å². The Kier molecular flexibility index (Phi) is 5.62. The number of fused-ring (bicyclic) bond motifs is 1. The smallest absolute Gasteiger partial charge is 0.313 e. The van der Waals surface area contributed by atoms with Crippen molar-refractivity contribution in [3.63, 3.8) is 0 Å². The number of aromatic nitrogens is 2. The van der Waals surface area contributed by atoms with E-state index in [4.69, 9.17) is 10.00 Å². The van der Waals surface area contributed by atoms with Crippen LogP contribution < -0.4 is 5.56 Å². The van der Waals surface area contributed by atoms with E-state index in [0.717, 1.165) is 5.56 Å². The molecule has 0 fully saturated rings. The Bertz CT molecular complexity index is 1050. The molecule has 0 unspecified atom stereocenters. The van der Waals surface area contributed by atoms with Crippen molar-refractivity contribution in [3.8, 4) is 6.07 Å². The number of hydrogen-bond acceptors (Lipinski definition) is 5. The van der Waals surface area contributed by atoms with Gasteiger partial charge in [-0.1, -0.05) is 49.4 Å². The zero-order chi connectivity index (χ0) is 19.2. The fourth-order valence-corrected chi connectivity index (χ4v) is 3.02. The Morgan fingerprint density at radius 1 is 1.19 bits per heavy atom. The summed E-state index contributed by atoms with van der Waals surface area (Å²) in [6.45, 7) is 1.60. The molecule has 136 valence electrons. The lowest BCUT2D eigenvalue weighted by molar-refractivity contribution is -0.147. The van der Waals surface area contributed by atoms with Crippen molar-refractivity contribution in [2.45, 2.75) is 32.4 Å². The van der Waals surface area contributed by atoms with Gasteiger partial charge in [-0.3, -0.25) is 14.2 Å². The molecule has 0 spiro atoms. The van der Waals surface area contributed by atoms with Gasteiger partial charge < -0.3 is 4.74 Å². The highest BCUT2D eigenvalue weighted by atomic mass is 16.5. The number of nitrogens with zero attached hydrogens (tertiary/aromatic N) is 3. The first kappa shape index (κ1) is 18.3. The topological polar surface area (TPSA) is 85.0 Å². The first-order valence-corrected chi connectivity index (χ1v) is 8.72. The lowest BCUT2D eigenvalue weighted by Crippen LogP contribution is -2.26. The Morgan fingerprint density at radius 3 is 2.59 bits per heavy atom. The highest BCUT2D eigenvalue weighted by molar-refractivity contribution is 5.78. The van der Waals surface area contributed by atoms with Gasteiger partial charge in [-0.2, -0.15) is 5.26 Å². The maximum Gasteiger partial charge on any atom is 0.313 e.